The minimum absolute atomic E-state index is 0. The number of pyridine rings is 2. The van der Waals surface area contributed by atoms with Crippen LogP contribution in [0.25, 0.3) is 66.0 Å². The zero-order valence-electron chi connectivity index (χ0n) is 35.7. The van der Waals surface area contributed by atoms with Gasteiger partial charge in [-0.1, -0.05) is 59.3 Å². The van der Waals surface area contributed by atoms with E-state index in [-0.39, 0.29) is 37.8 Å². The van der Waals surface area contributed by atoms with Crippen molar-refractivity contribution in [3.05, 3.63) is 138 Å². The predicted molar refractivity (Wildman–Crippen MR) is 220 cm³/mol. The van der Waals surface area contributed by atoms with Crippen LogP contribution in [0.5, 0.6) is 0 Å². The molecule has 0 N–H and O–H groups in total. The number of nitrogens with zero attached hydrogens (tertiary/aromatic N) is 2. The van der Waals surface area contributed by atoms with Crippen LogP contribution in [0.15, 0.2) is 114 Å². The molecule has 0 atom stereocenters. The molecule has 0 amide bonds. The molecule has 0 aliphatic rings. The van der Waals surface area contributed by atoms with Crippen molar-refractivity contribution in [1.29, 1.82) is 0 Å². The van der Waals surface area contributed by atoms with Gasteiger partial charge in [-0.05, 0) is 23.5 Å². The molecule has 0 bridgehead atoms. The van der Waals surface area contributed by atoms with Crippen molar-refractivity contribution in [2.45, 2.75) is 64.2 Å². The molecule has 8 aromatic rings. The van der Waals surface area contributed by atoms with E-state index in [1.807, 2.05) is 36.4 Å². The van der Waals surface area contributed by atoms with Crippen molar-refractivity contribution in [1.82, 2.24) is 9.97 Å². The fourth-order valence-electron chi connectivity index (χ4n) is 6.71. The number of hydrogen-bond donors (Lipinski definition) is 0. The maximum Gasteiger partial charge on any atom is 0.0629 e. The van der Waals surface area contributed by atoms with Crippen LogP contribution in [0.2, 0.25) is 17.3 Å². The Morgan fingerprint density at radius 2 is 1.58 bits per heavy atom. The summed E-state index contributed by atoms with van der Waals surface area (Å²) >= 11 is -2.00. The molecule has 8 rings (SSSR count). The first kappa shape index (κ1) is 31.4. The van der Waals surface area contributed by atoms with Gasteiger partial charge in [0.05, 0.1) is 2.74 Å². The second-order valence-electron chi connectivity index (χ2n) is 15.1. The van der Waals surface area contributed by atoms with E-state index in [0.717, 1.165) is 55.8 Å². The third-order valence-electron chi connectivity index (χ3n) is 9.35. The van der Waals surface area contributed by atoms with E-state index in [1.54, 1.807) is 12.1 Å². The van der Waals surface area contributed by atoms with Gasteiger partial charge in [-0.2, -0.15) is 0 Å². The van der Waals surface area contributed by atoms with E-state index >= 15 is 0 Å². The van der Waals surface area contributed by atoms with Crippen molar-refractivity contribution in [2.75, 3.05) is 0 Å². The van der Waals surface area contributed by atoms with Gasteiger partial charge in [0.1, 0.15) is 0 Å². The van der Waals surface area contributed by atoms with E-state index in [9.17, 15) is 0 Å². The molecule has 0 spiro atoms. The summed E-state index contributed by atoms with van der Waals surface area (Å²) < 4.78 is 46.8. The number of furan rings is 1. The van der Waals surface area contributed by atoms with E-state index in [0.29, 0.717) is 28.5 Å². The molecule has 0 unspecified atom stereocenters. The van der Waals surface area contributed by atoms with Crippen molar-refractivity contribution < 1.29 is 31.4 Å². The Labute approximate surface area is 331 Å². The summed E-state index contributed by atoms with van der Waals surface area (Å²) in [6, 6.07) is 34.3. The molecule has 5 heteroatoms. The largest absolute Gasteiger partial charge is 0.304 e. The van der Waals surface area contributed by atoms with Crippen molar-refractivity contribution in [3.8, 4) is 22.5 Å². The molecule has 5 aromatic carbocycles. The maximum atomic E-state index is 8.35. The number of fused-ring (bicyclic) bond motifs is 6. The summed E-state index contributed by atoms with van der Waals surface area (Å²) in [5, 5.41) is 5.48. The number of hydrogen-bond acceptors (Lipinski definition) is 3. The van der Waals surface area contributed by atoms with Crippen LogP contribution in [-0.4, -0.2) is 23.2 Å². The first-order valence-electron chi connectivity index (χ1n) is 20.2. The summed E-state index contributed by atoms with van der Waals surface area (Å²) in [7, 11) is 0. The molecule has 52 heavy (non-hydrogen) atoms. The number of benzene rings is 5. The summed E-state index contributed by atoms with van der Waals surface area (Å²) in [5.41, 5.74) is 7.95. The Morgan fingerprint density at radius 3 is 2.31 bits per heavy atom. The molecule has 3 heterocycles. The molecule has 0 aliphatic carbocycles. The molecular weight excluding hydrogens is 873 g/mol. The SMILES string of the molecule is CC(C)Cc1cc(-c2[c-]ccc3c2oc2cc(C(C)C)ccc23)nc[c]1[Ge]([CH3])([CH3])[CH3].[2H]c1c([2H])c2ccccc2c2c[c-]c(-c3ccc(C([2H])([2H])[2H])cn3)cc12.[Ir]. The molecule has 0 saturated carbocycles. The summed E-state index contributed by atoms with van der Waals surface area (Å²) in [4.78, 5) is 9.14. The Bertz CT molecular complexity index is 2730. The summed E-state index contributed by atoms with van der Waals surface area (Å²) in [5.74, 6) is 8.42. The van der Waals surface area contributed by atoms with Crippen LogP contribution in [0.3, 0.4) is 0 Å². The minimum Gasteiger partial charge on any atom is -0.304 e. The molecule has 0 aliphatic heterocycles. The average Bonchev–Trinajstić information content (AvgIpc) is 3.54. The van der Waals surface area contributed by atoms with Crippen molar-refractivity contribution in [2.24, 2.45) is 5.92 Å². The first-order chi connectivity index (χ1) is 26.5. The zero-order chi connectivity index (χ0) is 40.1. The van der Waals surface area contributed by atoms with Gasteiger partial charge in [-0.3, -0.25) is 0 Å². The second kappa shape index (κ2) is 15.5. The molecule has 1 radical (unpaired) electrons. The van der Waals surface area contributed by atoms with Crippen LogP contribution in [0.4, 0.5) is 0 Å². The Hall–Kier alpha value is -4.09. The Morgan fingerprint density at radius 1 is 0.788 bits per heavy atom. The van der Waals surface area contributed by atoms with Gasteiger partial charge in [0.2, 0.25) is 0 Å². The minimum atomic E-state index is -2.19. The van der Waals surface area contributed by atoms with Gasteiger partial charge < -0.3 is 4.98 Å². The third kappa shape index (κ3) is 7.81. The molecule has 265 valence electrons. The van der Waals surface area contributed by atoms with Gasteiger partial charge in [-0.15, -0.1) is 29.1 Å². The van der Waals surface area contributed by atoms with Gasteiger partial charge in [0.15, 0.2) is 0 Å². The Balaban J connectivity index is 0.000000191. The topological polar surface area (TPSA) is 38.9 Å². The van der Waals surface area contributed by atoms with Crippen LogP contribution >= 0.6 is 0 Å². The maximum absolute atomic E-state index is 8.35. The monoisotopic (exact) mass is 926 g/mol. The zero-order valence-corrected chi connectivity index (χ0v) is 35.2. The fraction of sp³-hybridized carbons (Fsp3) is 0.234. The van der Waals surface area contributed by atoms with Crippen LogP contribution in [0, 0.1) is 24.9 Å². The smallest absolute Gasteiger partial charge is 0.0629 e. The van der Waals surface area contributed by atoms with Gasteiger partial charge in [-0.25, -0.2) is 0 Å². The Kier molecular flexibility index (Phi) is 9.36. The average molecular weight is 925 g/mol. The molecule has 0 saturated heterocycles. The quantitative estimate of drug-likeness (QED) is 0.0947. The second-order valence-corrected chi connectivity index (χ2v) is 25.7. The predicted octanol–water partition coefficient (Wildman–Crippen LogP) is 12.5. The fourth-order valence-corrected chi connectivity index (χ4v) is 10.0. The van der Waals surface area contributed by atoms with E-state index in [1.165, 1.54) is 27.8 Å². The normalized spacial score (nSPS) is 13.4. The van der Waals surface area contributed by atoms with E-state index < -0.39 is 20.1 Å². The van der Waals surface area contributed by atoms with Crippen LogP contribution in [-0.2, 0) is 26.5 Å². The number of rotatable bonds is 6. The van der Waals surface area contributed by atoms with Crippen LogP contribution in [0.1, 0.15) is 57.2 Å². The first-order valence-corrected chi connectivity index (χ1v) is 25.0. The van der Waals surface area contributed by atoms with E-state index in [4.69, 9.17) is 16.3 Å². The number of aryl methyl sites for hydroxylation is 1. The van der Waals surface area contributed by atoms with Crippen molar-refractivity contribution in [3.63, 3.8) is 0 Å². The molecular formula is C47H46GeIrN2O-2. The standard InChI is InChI=1S/C27H32GeNO.C20H14N.Ir/c1-17(2)13-20-14-25(29-16-24(20)28(5,6)7)23-10-8-9-22-21-12-11-19(18(3)4)15-26(21)30-27(22)23;1-14-6-11-20(21-13-14)17-9-10-19-16(12-17)8-7-15-4-2-3-5-18(15)19;/h8-9,11-12,14-18H,13H2,1-7H3;2-8,10-13H,1H3;/q2*-1;/i;1D3,7D,8D;. The van der Waals surface area contributed by atoms with Gasteiger partial charge in [0.25, 0.3) is 0 Å². The summed E-state index contributed by atoms with van der Waals surface area (Å²) in [6.07, 6.45) is 4.57. The number of aromatic nitrogens is 2. The van der Waals surface area contributed by atoms with Gasteiger partial charge in [0, 0.05) is 30.4 Å². The van der Waals surface area contributed by atoms with Crippen molar-refractivity contribution >= 4 is 61.1 Å². The van der Waals surface area contributed by atoms with Gasteiger partial charge >= 0.3 is 183 Å². The third-order valence-corrected chi connectivity index (χ3v) is 13.7. The van der Waals surface area contributed by atoms with Crippen LogP contribution < -0.4 is 4.40 Å². The molecule has 3 nitrogen and oxygen atoms in total. The summed E-state index contributed by atoms with van der Waals surface area (Å²) in [6.45, 7) is 6.82. The molecule has 3 aromatic heterocycles. The molecule has 0 fully saturated rings. The van der Waals surface area contributed by atoms with E-state index in [2.05, 4.69) is 98.6 Å².